The minimum atomic E-state index is -0.690. The van der Waals surface area contributed by atoms with Crippen molar-refractivity contribution < 1.29 is 24.2 Å². The second-order valence-electron chi connectivity index (χ2n) is 4.45. The maximum Gasteiger partial charge on any atom is 0.411 e. The number of anilines is 1. The zero-order chi connectivity index (χ0) is 15.9. The number of phenols is 1. The third kappa shape index (κ3) is 4.24. The Hall–Kier alpha value is -3.02. The van der Waals surface area contributed by atoms with Crippen LogP contribution in [0.1, 0.15) is 15.9 Å². The summed E-state index contributed by atoms with van der Waals surface area (Å²) < 4.78 is 9.61. The lowest BCUT2D eigenvalue weighted by atomic mass is 10.2. The first-order chi connectivity index (χ1) is 10.6. The van der Waals surface area contributed by atoms with Crippen LogP contribution in [0, 0.1) is 0 Å². The molecule has 0 saturated heterocycles. The van der Waals surface area contributed by atoms with E-state index >= 15 is 0 Å². The summed E-state index contributed by atoms with van der Waals surface area (Å²) in [5.74, 6) is -0.780. The van der Waals surface area contributed by atoms with Crippen LogP contribution in [-0.2, 0) is 16.1 Å². The van der Waals surface area contributed by atoms with E-state index in [0.717, 1.165) is 5.56 Å². The molecule has 0 spiro atoms. The fraction of sp³-hybridized carbons (Fsp3) is 0.125. The van der Waals surface area contributed by atoms with Gasteiger partial charge in [0, 0.05) is 11.8 Å². The van der Waals surface area contributed by atoms with Gasteiger partial charge in [-0.3, -0.25) is 5.32 Å². The van der Waals surface area contributed by atoms with E-state index in [1.165, 1.54) is 25.3 Å². The Morgan fingerprint density at radius 3 is 2.55 bits per heavy atom. The lowest BCUT2D eigenvalue weighted by Crippen LogP contribution is -2.14. The van der Waals surface area contributed by atoms with E-state index in [1.807, 2.05) is 30.3 Å². The highest BCUT2D eigenvalue weighted by Crippen LogP contribution is 2.20. The van der Waals surface area contributed by atoms with Gasteiger partial charge in [-0.05, 0) is 17.7 Å². The number of phenolic OH excluding ortho intramolecular Hbond substituents is 1. The Morgan fingerprint density at radius 1 is 1.14 bits per heavy atom. The first-order valence-corrected chi connectivity index (χ1v) is 6.48. The molecule has 0 aromatic heterocycles. The number of hydrogen-bond acceptors (Lipinski definition) is 5. The standard InChI is InChI=1S/C16H15NO5/c1-21-15(19)12-7-13(9-14(18)8-12)17-16(20)22-10-11-5-3-2-4-6-11/h2-9,18H,10H2,1H3,(H,17,20). The third-order valence-corrected chi connectivity index (χ3v) is 2.80. The molecule has 0 aliphatic rings. The Bertz CT molecular complexity index is 669. The Labute approximate surface area is 127 Å². The predicted octanol–water partition coefficient (Wildman–Crippen LogP) is 2.93. The second-order valence-corrected chi connectivity index (χ2v) is 4.45. The van der Waals surface area contributed by atoms with E-state index < -0.39 is 12.1 Å². The molecule has 22 heavy (non-hydrogen) atoms. The van der Waals surface area contributed by atoms with Crippen LogP contribution in [0.2, 0.25) is 0 Å². The fourth-order valence-corrected chi connectivity index (χ4v) is 1.80. The molecule has 0 fully saturated rings. The van der Waals surface area contributed by atoms with Gasteiger partial charge in [0.2, 0.25) is 0 Å². The summed E-state index contributed by atoms with van der Waals surface area (Å²) in [7, 11) is 1.23. The molecule has 2 rings (SSSR count). The molecule has 114 valence electrons. The number of methoxy groups -OCH3 is 1. The van der Waals surface area contributed by atoms with Gasteiger partial charge in [-0.25, -0.2) is 9.59 Å². The lowest BCUT2D eigenvalue weighted by molar-refractivity contribution is 0.0600. The van der Waals surface area contributed by atoms with Crippen LogP contribution in [0.5, 0.6) is 5.75 Å². The number of nitrogens with one attached hydrogen (secondary N) is 1. The summed E-state index contributed by atoms with van der Waals surface area (Å²) in [6.07, 6.45) is -0.690. The average Bonchev–Trinajstić information content (AvgIpc) is 2.52. The smallest absolute Gasteiger partial charge is 0.411 e. The Kier molecular flexibility index (Phi) is 4.98. The highest BCUT2D eigenvalue weighted by molar-refractivity contribution is 5.93. The van der Waals surface area contributed by atoms with E-state index in [9.17, 15) is 14.7 Å². The molecular weight excluding hydrogens is 286 g/mol. The number of carbonyl (C=O) groups is 2. The average molecular weight is 301 g/mol. The van der Waals surface area contributed by atoms with E-state index in [2.05, 4.69) is 10.1 Å². The number of benzene rings is 2. The van der Waals surface area contributed by atoms with Crippen molar-refractivity contribution in [2.24, 2.45) is 0 Å². The molecule has 0 atom stereocenters. The molecule has 1 amide bonds. The number of aromatic hydroxyl groups is 1. The number of amides is 1. The van der Waals surface area contributed by atoms with Crippen LogP contribution in [0.15, 0.2) is 48.5 Å². The Balaban J connectivity index is 1.99. The summed E-state index contributed by atoms with van der Waals surface area (Å²) in [6, 6.07) is 13.1. The minimum Gasteiger partial charge on any atom is -0.508 e. The number of hydrogen-bond donors (Lipinski definition) is 2. The zero-order valence-electron chi connectivity index (χ0n) is 11.9. The van der Waals surface area contributed by atoms with Crippen molar-refractivity contribution in [2.75, 3.05) is 12.4 Å². The van der Waals surface area contributed by atoms with E-state index in [1.54, 1.807) is 0 Å². The van der Waals surface area contributed by atoms with Crippen molar-refractivity contribution in [1.82, 2.24) is 0 Å². The molecule has 2 aromatic carbocycles. The molecule has 0 unspecified atom stereocenters. The Morgan fingerprint density at radius 2 is 1.86 bits per heavy atom. The first-order valence-electron chi connectivity index (χ1n) is 6.48. The summed E-state index contributed by atoms with van der Waals surface area (Å²) in [4.78, 5) is 23.2. The summed E-state index contributed by atoms with van der Waals surface area (Å²) >= 11 is 0. The van der Waals surface area contributed by atoms with Gasteiger partial charge in [-0.2, -0.15) is 0 Å². The number of rotatable bonds is 4. The van der Waals surface area contributed by atoms with Crippen molar-refractivity contribution in [3.63, 3.8) is 0 Å². The maximum atomic E-state index is 11.7. The number of ether oxygens (including phenoxy) is 2. The van der Waals surface area contributed by atoms with Crippen molar-refractivity contribution in [3.05, 3.63) is 59.7 Å². The molecule has 2 aromatic rings. The SMILES string of the molecule is COC(=O)c1cc(O)cc(NC(=O)OCc2ccccc2)c1. The first kappa shape index (κ1) is 15.4. The minimum absolute atomic E-state index is 0.120. The highest BCUT2D eigenvalue weighted by atomic mass is 16.5. The maximum absolute atomic E-state index is 11.7. The molecule has 0 heterocycles. The summed E-state index contributed by atoms with van der Waals surface area (Å²) in [6.45, 7) is 0.120. The fourth-order valence-electron chi connectivity index (χ4n) is 1.80. The van der Waals surface area contributed by atoms with E-state index in [0.29, 0.717) is 0 Å². The molecule has 6 heteroatoms. The van der Waals surface area contributed by atoms with Crippen LogP contribution in [-0.4, -0.2) is 24.3 Å². The van der Waals surface area contributed by atoms with E-state index in [4.69, 9.17) is 4.74 Å². The van der Waals surface area contributed by atoms with Gasteiger partial charge in [0.25, 0.3) is 0 Å². The van der Waals surface area contributed by atoms with Crippen molar-refractivity contribution in [3.8, 4) is 5.75 Å². The summed E-state index contributed by atoms with van der Waals surface area (Å²) in [5.41, 5.74) is 1.21. The third-order valence-electron chi connectivity index (χ3n) is 2.80. The van der Waals surface area contributed by atoms with Crippen molar-refractivity contribution in [1.29, 1.82) is 0 Å². The molecule has 0 bridgehead atoms. The van der Waals surface area contributed by atoms with Crippen LogP contribution in [0.25, 0.3) is 0 Å². The number of carbonyl (C=O) groups excluding carboxylic acids is 2. The van der Waals surface area contributed by atoms with Crippen LogP contribution in [0.4, 0.5) is 10.5 Å². The van der Waals surface area contributed by atoms with Gasteiger partial charge in [0.1, 0.15) is 12.4 Å². The quantitative estimate of drug-likeness (QED) is 0.848. The monoisotopic (exact) mass is 301 g/mol. The van der Waals surface area contributed by atoms with Crippen LogP contribution < -0.4 is 5.32 Å². The zero-order valence-corrected chi connectivity index (χ0v) is 11.9. The van der Waals surface area contributed by atoms with Crippen molar-refractivity contribution in [2.45, 2.75) is 6.61 Å². The molecule has 6 nitrogen and oxygen atoms in total. The normalized spacial score (nSPS) is 9.86. The largest absolute Gasteiger partial charge is 0.508 e. The molecule has 2 N–H and O–H groups in total. The van der Waals surface area contributed by atoms with E-state index in [-0.39, 0.29) is 23.6 Å². The van der Waals surface area contributed by atoms with Gasteiger partial charge < -0.3 is 14.6 Å². The molecule has 0 radical (unpaired) electrons. The number of esters is 1. The molecule has 0 saturated carbocycles. The molecule has 0 aliphatic carbocycles. The lowest BCUT2D eigenvalue weighted by Gasteiger charge is -2.09. The van der Waals surface area contributed by atoms with Gasteiger partial charge in [-0.1, -0.05) is 30.3 Å². The van der Waals surface area contributed by atoms with Crippen LogP contribution in [0.3, 0.4) is 0 Å². The van der Waals surface area contributed by atoms with Gasteiger partial charge in [0.05, 0.1) is 12.7 Å². The van der Waals surface area contributed by atoms with Gasteiger partial charge in [-0.15, -0.1) is 0 Å². The van der Waals surface area contributed by atoms with Gasteiger partial charge >= 0.3 is 12.1 Å². The topological polar surface area (TPSA) is 84.9 Å². The predicted molar refractivity (Wildman–Crippen MR) is 79.7 cm³/mol. The molecule has 0 aliphatic heterocycles. The van der Waals surface area contributed by atoms with Gasteiger partial charge in [0.15, 0.2) is 0 Å². The van der Waals surface area contributed by atoms with Crippen molar-refractivity contribution >= 4 is 17.7 Å². The highest BCUT2D eigenvalue weighted by Gasteiger charge is 2.11. The second kappa shape index (κ2) is 7.12. The summed E-state index contributed by atoms with van der Waals surface area (Å²) in [5, 5.41) is 12.0. The van der Waals surface area contributed by atoms with Crippen LogP contribution >= 0.6 is 0 Å². The molecular formula is C16H15NO5.